The van der Waals surface area contributed by atoms with Crippen molar-refractivity contribution in [1.82, 2.24) is 20.4 Å². The van der Waals surface area contributed by atoms with Crippen molar-refractivity contribution in [2.45, 2.75) is 13.8 Å². The van der Waals surface area contributed by atoms with Crippen molar-refractivity contribution in [3.05, 3.63) is 81.8 Å². The zero-order valence-electron chi connectivity index (χ0n) is 18.0. The normalized spacial score (nSPS) is 13.5. The molecule has 1 aliphatic rings. The monoisotopic (exact) mass is 488 g/mol. The van der Waals surface area contributed by atoms with Crippen LogP contribution < -0.4 is 10.0 Å². The van der Waals surface area contributed by atoms with Gasteiger partial charge in [0.1, 0.15) is 10.0 Å². The zero-order chi connectivity index (χ0) is 23.7. The number of carbonyl (C=O) groups excluding carboxylic acids is 2. The summed E-state index contributed by atoms with van der Waals surface area (Å²) in [6, 6.07) is 17.4. The first kappa shape index (κ1) is 21.7. The van der Waals surface area contributed by atoms with Crippen LogP contribution in [0.2, 0.25) is 0 Å². The van der Waals surface area contributed by atoms with Crippen molar-refractivity contribution in [3.63, 3.8) is 0 Å². The predicted octanol–water partition coefficient (Wildman–Crippen LogP) is 3.73. The van der Waals surface area contributed by atoms with Crippen molar-refractivity contribution in [2.75, 3.05) is 10.0 Å². The molecular formula is C22H16N8O2S2. The van der Waals surface area contributed by atoms with Gasteiger partial charge < -0.3 is 0 Å². The summed E-state index contributed by atoms with van der Waals surface area (Å²) in [5.41, 5.74) is 0.822. The fourth-order valence-electron chi connectivity index (χ4n) is 3.10. The van der Waals surface area contributed by atoms with Crippen LogP contribution in [0.1, 0.15) is 30.7 Å². The Morgan fingerprint density at radius 3 is 1.32 bits per heavy atom. The SMILES string of the molecule is Cc1nnc(N2N=C(C(=O)c3ccccc3)N(c3nnc(C)s3)N=C2C(=O)c2ccccc2)s1. The number of hydrogen-bond acceptors (Lipinski definition) is 12. The molecule has 168 valence electrons. The third kappa shape index (κ3) is 4.11. The lowest BCUT2D eigenvalue weighted by molar-refractivity contribution is 0.105. The van der Waals surface area contributed by atoms with Gasteiger partial charge in [0.15, 0.2) is 0 Å². The van der Waals surface area contributed by atoms with Gasteiger partial charge in [-0.3, -0.25) is 9.59 Å². The number of amidine groups is 2. The Balaban J connectivity index is 1.68. The van der Waals surface area contributed by atoms with Crippen LogP contribution in [0.3, 0.4) is 0 Å². The van der Waals surface area contributed by atoms with Gasteiger partial charge >= 0.3 is 0 Å². The van der Waals surface area contributed by atoms with E-state index in [-0.39, 0.29) is 11.7 Å². The lowest BCUT2D eigenvalue weighted by atomic mass is 10.1. The minimum atomic E-state index is -0.394. The highest BCUT2D eigenvalue weighted by atomic mass is 32.1. The van der Waals surface area contributed by atoms with Gasteiger partial charge in [-0.2, -0.15) is 10.0 Å². The molecule has 0 bridgehead atoms. The van der Waals surface area contributed by atoms with Crippen LogP contribution in [0.25, 0.3) is 0 Å². The fraction of sp³-hybridized carbons (Fsp3) is 0.0909. The van der Waals surface area contributed by atoms with Crippen LogP contribution >= 0.6 is 22.7 Å². The van der Waals surface area contributed by atoms with Crippen molar-refractivity contribution in [2.24, 2.45) is 10.2 Å². The fourth-order valence-corrected chi connectivity index (χ4v) is 4.38. The van der Waals surface area contributed by atoms with Crippen molar-refractivity contribution in [1.29, 1.82) is 0 Å². The van der Waals surface area contributed by atoms with Gasteiger partial charge in [-0.15, -0.1) is 30.6 Å². The number of hydrazone groups is 2. The van der Waals surface area contributed by atoms with Crippen molar-refractivity contribution < 1.29 is 9.59 Å². The standard InChI is InChI=1S/C22H16N8O2S2/c1-13-23-25-21(33-13)29-19(17(31)15-9-5-3-6-10-15)28-30(22-26-24-14(2)34-22)20(27-29)18(32)16-11-7-4-8-12-16/h3-12H,1-2H3. The lowest BCUT2D eigenvalue weighted by Crippen LogP contribution is -2.46. The summed E-state index contributed by atoms with van der Waals surface area (Å²) < 4.78 is 0. The van der Waals surface area contributed by atoms with Crippen molar-refractivity contribution in [3.8, 4) is 0 Å². The third-order valence-corrected chi connectivity index (χ3v) is 6.29. The molecule has 12 heteroatoms. The molecule has 0 unspecified atom stereocenters. The van der Waals surface area contributed by atoms with Crippen LogP contribution in [-0.4, -0.2) is 43.6 Å². The number of rotatable bonds is 6. The molecule has 2 aromatic heterocycles. The van der Waals surface area contributed by atoms with Crippen LogP contribution in [0, 0.1) is 13.8 Å². The highest BCUT2D eigenvalue weighted by molar-refractivity contribution is 7.16. The molecule has 0 fully saturated rings. The molecule has 34 heavy (non-hydrogen) atoms. The van der Waals surface area contributed by atoms with Gasteiger partial charge in [-0.1, -0.05) is 83.3 Å². The summed E-state index contributed by atoms with van der Waals surface area (Å²) in [7, 11) is 0. The molecule has 2 aromatic carbocycles. The molecule has 0 atom stereocenters. The maximum Gasteiger partial charge on any atom is 0.235 e. The van der Waals surface area contributed by atoms with E-state index in [1.807, 2.05) is 12.1 Å². The Morgan fingerprint density at radius 1 is 0.618 bits per heavy atom. The Morgan fingerprint density at radius 2 is 1.00 bits per heavy atom. The first-order valence-electron chi connectivity index (χ1n) is 10.1. The number of hydrogen-bond donors (Lipinski definition) is 0. The minimum Gasteiger partial charge on any atom is -0.285 e. The number of anilines is 2. The number of Topliss-reactive ketones (excluding diaryl/α,β-unsaturated/α-hetero) is 2. The second-order valence-corrected chi connectivity index (χ2v) is 9.39. The Kier molecular flexibility index (Phi) is 5.74. The van der Waals surface area contributed by atoms with E-state index in [4.69, 9.17) is 0 Å². The molecule has 10 nitrogen and oxygen atoms in total. The molecule has 5 rings (SSSR count). The van der Waals surface area contributed by atoms with E-state index < -0.39 is 11.6 Å². The molecule has 1 aliphatic heterocycles. The van der Waals surface area contributed by atoms with E-state index in [9.17, 15) is 9.59 Å². The number of ketones is 2. The summed E-state index contributed by atoms with van der Waals surface area (Å²) in [5, 5.41) is 30.0. The lowest BCUT2D eigenvalue weighted by Gasteiger charge is -2.27. The van der Waals surface area contributed by atoms with E-state index in [1.165, 1.54) is 32.7 Å². The van der Waals surface area contributed by atoms with E-state index in [1.54, 1.807) is 62.4 Å². The van der Waals surface area contributed by atoms with Crippen molar-refractivity contribution >= 4 is 56.2 Å². The molecule has 0 saturated heterocycles. The number of nitrogens with zero attached hydrogens (tertiary/aromatic N) is 8. The molecular weight excluding hydrogens is 472 g/mol. The van der Waals surface area contributed by atoms with E-state index >= 15 is 0 Å². The Bertz CT molecular complexity index is 1320. The van der Waals surface area contributed by atoms with Crippen LogP contribution in [0.4, 0.5) is 10.3 Å². The summed E-state index contributed by atoms with van der Waals surface area (Å²) in [5.74, 6) is -0.871. The summed E-state index contributed by atoms with van der Waals surface area (Å²) in [6.45, 7) is 3.58. The maximum atomic E-state index is 13.5. The average Bonchev–Trinajstić information content (AvgIpc) is 3.51. The first-order chi connectivity index (χ1) is 16.5. The topological polar surface area (TPSA) is 117 Å². The zero-order valence-corrected chi connectivity index (χ0v) is 19.6. The van der Waals surface area contributed by atoms with E-state index in [0.717, 1.165) is 0 Å². The Hall–Kier alpha value is -4.16. The largest absolute Gasteiger partial charge is 0.285 e. The van der Waals surface area contributed by atoms with Gasteiger partial charge in [0.2, 0.25) is 33.5 Å². The molecule has 3 heterocycles. The molecule has 0 N–H and O–H groups in total. The number of benzene rings is 2. The second-order valence-electron chi connectivity index (χ2n) is 7.07. The average molecular weight is 489 g/mol. The molecule has 0 spiro atoms. The van der Waals surface area contributed by atoms with E-state index in [0.29, 0.717) is 31.4 Å². The molecule has 0 aliphatic carbocycles. The molecule has 0 saturated carbocycles. The third-order valence-electron chi connectivity index (χ3n) is 4.66. The van der Waals surface area contributed by atoms with Crippen LogP contribution in [-0.2, 0) is 0 Å². The van der Waals surface area contributed by atoms with Gasteiger partial charge in [0.25, 0.3) is 0 Å². The summed E-state index contributed by atoms with van der Waals surface area (Å²) >= 11 is 2.46. The Labute approximate surface area is 201 Å². The van der Waals surface area contributed by atoms with E-state index in [2.05, 4.69) is 30.6 Å². The first-order valence-corrected chi connectivity index (χ1v) is 11.7. The van der Waals surface area contributed by atoms with Crippen LogP contribution in [0.15, 0.2) is 70.9 Å². The number of carbonyl (C=O) groups is 2. The predicted molar refractivity (Wildman–Crippen MR) is 131 cm³/mol. The molecule has 0 radical (unpaired) electrons. The van der Waals surface area contributed by atoms with Crippen LogP contribution in [0.5, 0.6) is 0 Å². The highest BCUT2D eigenvalue weighted by Gasteiger charge is 2.36. The molecule has 4 aromatic rings. The smallest absolute Gasteiger partial charge is 0.235 e. The van der Waals surface area contributed by atoms with Gasteiger partial charge in [-0.25, -0.2) is 0 Å². The van der Waals surface area contributed by atoms with Gasteiger partial charge in [0.05, 0.1) is 0 Å². The maximum absolute atomic E-state index is 13.5. The minimum absolute atomic E-state index is 0.0418. The van der Waals surface area contributed by atoms with Gasteiger partial charge in [0, 0.05) is 11.1 Å². The summed E-state index contributed by atoms with van der Waals surface area (Å²) in [6.07, 6.45) is 0. The quantitative estimate of drug-likeness (QED) is 0.377. The van der Waals surface area contributed by atoms with Gasteiger partial charge in [-0.05, 0) is 13.8 Å². The highest BCUT2D eigenvalue weighted by Crippen LogP contribution is 2.29. The number of aryl methyl sites for hydroxylation is 2. The second kappa shape index (κ2) is 9.00. The number of aromatic nitrogens is 4. The summed E-state index contributed by atoms with van der Waals surface area (Å²) in [4.78, 5) is 27.0. The molecule has 0 amide bonds.